The number of anilines is 1. The van der Waals surface area contributed by atoms with Gasteiger partial charge in [-0.25, -0.2) is 4.98 Å². The number of piperazine rings is 1. The lowest BCUT2D eigenvalue weighted by Crippen LogP contribution is -2.53. The first-order valence-corrected chi connectivity index (χ1v) is 11.7. The second-order valence-electron chi connectivity index (χ2n) is 9.76. The smallest absolute Gasteiger partial charge is 0.121 e. The molecule has 3 aromatic rings. The SMILES string of the molecule is Cc1cccnc1C1CCCN1Cc1nc2c(N3CCN(C)C4(CC4)C3)cccc2[nH]1. The maximum atomic E-state index is 5.12. The second-order valence-corrected chi connectivity index (χ2v) is 9.76. The summed E-state index contributed by atoms with van der Waals surface area (Å²) in [6.45, 7) is 7.46. The van der Waals surface area contributed by atoms with Gasteiger partial charge in [0.05, 0.1) is 29.5 Å². The summed E-state index contributed by atoms with van der Waals surface area (Å²) in [7, 11) is 2.29. The zero-order valence-electron chi connectivity index (χ0n) is 18.6. The van der Waals surface area contributed by atoms with Crippen molar-refractivity contribution in [2.75, 3.05) is 38.1 Å². The van der Waals surface area contributed by atoms with Crippen LogP contribution in [0, 0.1) is 6.92 Å². The summed E-state index contributed by atoms with van der Waals surface area (Å²) in [5.41, 5.74) is 6.49. The van der Waals surface area contributed by atoms with Gasteiger partial charge in [-0.05, 0) is 70.0 Å². The number of rotatable bonds is 4. The van der Waals surface area contributed by atoms with Crippen LogP contribution in [0.25, 0.3) is 11.0 Å². The minimum atomic E-state index is 0.390. The molecule has 2 saturated heterocycles. The largest absolute Gasteiger partial charge is 0.367 e. The summed E-state index contributed by atoms with van der Waals surface area (Å²) in [6.07, 6.45) is 6.97. The molecule has 1 unspecified atom stereocenters. The number of likely N-dealkylation sites (tertiary alicyclic amines) is 1. The Morgan fingerprint density at radius 2 is 2.03 bits per heavy atom. The highest BCUT2D eigenvalue weighted by Gasteiger charge is 2.49. The number of likely N-dealkylation sites (N-methyl/N-ethyl adjacent to an activating group) is 1. The van der Waals surface area contributed by atoms with E-state index in [1.165, 1.54) is 42.6 Å². The molecule has 3 fully saturated rings. The molecule has 0 amide bonds. The fraction of sp³-hybridized carbons (Fsp3) is 0.520. The van der Waals surface area contributed by atoms with Crippen molar-refractivity contribution in [3.8, 4) is 0 Å². The Bertz CT molecular complexity index is 1100. The molecule has 1 N–H and O–H groups in total. The third-order valence-corrected chi connectivity index (χ3v) is 7.79. The molecule has 1 saturated carbocycles. The molecule has 3 aliphatic rings. The van der Waals surface area contributed by atoms with E-state index >= 15 is 0 Å². The van der Waals surface area contributed by atoms with Crippen LogP contribution in [0.5, 0.6) is 0 Å². The molecular weight excluding hydrogens is 384 g/mol. The first kappa shape index (κ1) is 19.3. The molecule has 2 aromatic heterocycles. The third-order valence-electron chi connectivity index (χ3n) is 7.79. The number of aromatic nitrogens is 3. The maximum Gasteiger partial charge on any atom is 0.121 e. The fourth-order valence-corrected chi connectivity index (χ4v) is 5.71. The Hall–Kier alpha value is -2.44. The predicted octanol–water partition coefficient (Wildman–Crippen LogP) is 3.89. The van der Waals surface area contributed by atoms with Gasteiger partial charge in [-0.2, -0.15) is 0 Å². The van der Waals surface area contributed by atoms with Gasteiger partial charge in [0, 0.05) is 31.4 Å². The number of H-pyrrole nitrogens is 1. The first-order valence-electron chi connectivity index (χ1n) is 11.7. The van der Waals surface area contributed by atoms with Gasteiger partial charge in [0.1, 0.15) is 11.3 Å². The standard InChI is InChI=1S/C25H32N6/c1-18-6-4-12-26-23(18)20-9-5-13-30(20)16-22-27-19-7-3-8-21(24(19)28-22)31-15-14-29(2)25(17-31)10-11-25/h3-4,6-8,12,20H,5,9-11,13-17H2,1-2H3,(H,27,28). The number of nitrogens with zero attached hydrogens (tertiary/aromatic N) is 5. The number of para-hydroxylation sites is 1. The quantitative estimate of drug-likeness (QED) is 0.699. The minimum Gasteiger partial charge on any atom is -0.367 e. The molecule has 31 heavy (non-hydrogen) atoms. The maximum absolute atomic E-state index is 5.12. The minimum absolute atomic E-state index is 0.390. The lowest BCUT2D eigenvalue weighted by molar-refractivity contribution is 0.199. The van der Waals surface area contributed by atoms with E-state index in [1.54, 1.807) is 0 Å². The van der Waals surface area contributed by atoms with E-state index < -0.39 is 0 Å². The van der Waals surface area contributed by atoms with Gasteiger partial charge in [-0.1, -0.05) is 12.1 Å². The van der Waals surface area contributed by atoms with Crippen molar-refractivity contribution in [3.05, 3.63) is 53.6 Å². The lowest BCUT2D eigenvalue weighted by atomic mass is 10.1. The van der Waals surface area contributed by atoms with Gasteiger partial charge in [-0.15, -0.1) is 0 Å². The number of imidazole rings is 1. The number of hydrogen-bond acceptors (Lipinski definition) is 5. The zero-order chi connectivity index (χ0) is 21.0. The van der Waals surface area contributed by atoms with Crippen molar-refractivity contribution >= 4 is 16.7 Å². The highest BCUT2D eigenvalue weighted by Crippen LogP contribution is 2.44. The van der Waals surface area contributed by atoms with Gasteiger partial charge >= 0.3 is 0 Å². The number of pyridine rings is 1. The van der Waals surface area contributed by atoms with E-state index in [9.17, 15) is 0 Å². The van der Waals surface area contributed by atoms with E-state index in [2.05, 4.69) is 57.9 Å². The Balaban J connectivity index is 1.27. The van der Waals surface area contributed by atoms with Crippen LogP contribution < -0.4 is 4.90 Å². The molecular formula is C25H32N6. The molecule has 0 radical (unpaired) electrons. The molecule has 4 heterocycles. The summed E-state index contributed by atoms with van der Waals surface area (Å²) >= 11 is 0. The highest BCUT2D eigenvalue weighted by molar-refractivity contribution is 5.89. The molecule has 2 aliphatic heterocycles. The molecule has 0 bridgehead atoms. The Morgan fingerprint density at radius 3 is 2.87 bits per heavy atom. The average molecular weight is 417 g/mol. The number of aryl methyl sites for hydroxylation is 1. The van der Waals surface area contributed by atoms with Crippen LogP contribution in [0.4, 0.5) is 5.69 Å². The number of fused-ring (bicyclic) bond motifs is 1. The van der Waals surface area contributed by atoms with Crippen LogP contribution in [-0.4, -0.2) is 63.5 Å². The van der Waals surface area contributed by atoms with Gasteiger partial charge in [0.25, 0.3) is 0 Å². The normalized spacial score (nSPS) is 23.8. The Morgan fingerprint density at radius 1 is 1.13 bits per heavy atom. The molecule has 1 aliphatic carbocycles. The topological polar surface area (TPSA) is 51.3 Å². The molecule has 6 rings (SSSR count). The van der Waals surface area contributed by atoms with Gasteiger partial charge in [0.2, 0.25) is 0 Å². The van der Waals surface area contributed by atoms with Crippen LogP contribution in [0.15, 0.2) is 36.5 Å². The first-order chi connectivity index (χ1) is 15.1. The number of benzene rings is 1. The van der Waals surface area contributed by atoms with Crippen molar-refractivity contribution in [3.63, 3.8) is 0 Å². The molecule has 6 nitrogen and oxygen atoms in total. The molecule has 1 aromatic carbocycles. The van der Waals surface area contributed by atoms with Crippen molar-refractivity contribution in [2.24, 2.45) is 0 Å². The summed E-state index contributed by atoms with van der Waals surface area (Å²) < 4.78 is 0. The van der Waals surface area contributed by atoms with Gasteiger partial charge in [0.15, 0.2) is 0 Å². The van der Waals surface area contributed by atoms with Crippen molar-refractivity contribution in [1.29, 1.82) is 0 Å². The van der Waals surface area contributed by atoms with Crippen molar-refractivity contribution in [1.82, 2.24) is 24.8 Å². The van der Waals surface area contributed by atoms with Crippen molar-refractivity contribution in [2.45, 2.75) is 50.7 Å². The van der Waals surface area contributed by atoms with Crippen LogP contribution in [-0.2, 0) is 6.54 Å². The number of nitrogens with one attached hydrogen (secondary N) is 1. The molecule has 1 atom stereocenters. The molecule has 1 spiro atoms. The summed E-state index contributed by atoms with van der Waals surface area (Å²) in [6, 6.07) is 11.2. The predicted molar refractivity (Wildman–Crippen MR) is 124 cm³/mol. The monoisotopic (exact) mass is 416 g/mol. The van der Waals surface area contributed by atoms with Gasteiger partial charge < -0.3 is 9.88 Å². The Labute approximate surface area is 184 Å². The van der Waals surface area contributed by atoms with Crippen LogP contribution in [0.3, 0.4) is 0 Å². The average Bonchev–Trinajstić information content (AvgIpc) is 3.19. The van der Waals surface area contributed by atoms with Gasteiger partial charge in [-0.3, -0.25) is 14.8 Å². The molecule has 6 heteroatoms. The summed E-state index contributed by atoms with van der Waals surface area (Å²) in [5.74, 6) is 1.07. The van der Waals surface area contributed by atoms with Crippen LogP contribution >= 0.6 is 0 Å². The zero-order valence-corrected chi connectivity index (χ0v) is 18.6. The summed E-state index contributed by atoms with van der Waals surface area (Å²) in [5, 5.41) is 0. The van der Waals surface area contributed by atoms with Crippen molar-refractivity contribution < 1.29 is 0 Å². The number of hydrogen-bond donors (Lipinski definition) is 1. The third kappa shape index (κ3) is 3.33. The van der Waals surface area contributed by atoms with E-state index in [0.29, 0.717) is 11.6 Å². The second kappa shape index (κ2) is 7.31. The highest BCUT2D eigenvalue weighted by atomic mass is 15.3. The van der Waals surface area contributed by atoms with E-state index in [4.69, 9.17) is 9.97 Å². The van der Waals surface area contributed by atoms with E-state index in [0.717, 1.165) is 49.6 Å². The lowest BCUT2D eigenvalue weighted by Gasteiger charge is -2.41. The number of aromatic amines is 1. The van der Waals surface area contributed by atoms with Crippen LogP contribution in [0.1, 0.15) is 48.8 Å². The molecule has 162 valence electrons. The summed E-state index contributed by atoms with van der Waals surface area (Å²) in [4.78, 5) is 21.1. The fourth-order valence-electron chi connectivity index (χ4n) is 5.71. The van der Waals surface area contributed by atoms with Crippen LogP contribution in [0.2, 0.25) is 0 Å². The van der Waals surface area contributed by atoms with E-state index in [1.807, 2.05) is 12.3 Å². The van der Waals surface area contributed by atoms with E-state index in [-0.39, 0.29) is 0 Å². The Kier molecular flexibility index (Phi) is 4.54.